The van der Waals surface area contributed by atoms with Gasteiger partial charge in [0.1, 0.15) is 6.04 Å². The van der Waals surface area contributed by atoms with Crippen molar-refractivity contribution in [2.24, 2.45) is 5.92 Å². The average Bonchev–Trinajstić information content (AvgIpc) is 3.10. The van der Waals surface area contributed by atoms with E-state index in [-0.39, 0.29) is 10.7 Å². The van der Waals surface area contributed by atoms with Crippen LogP contribution in [0.3, 0.4) is 0 Å². The molecule has 1 N–H and O–H groups in total. The van der Waals surface area contributed by atoms with Gasteiger partial charge in [-0.25, -0.2) is 8.42 Å². The monoisotopic (exact) mass is 516 g/mol. The summed E-state index contributed by atoms with van der Waals surface area (Å²) >= 11 is 5.83. The van der Waals surface area contributed by atoms with Crippen molar-refractivity contribution in [2.45, 2.75) is 45.6 Å². The Labute approximate surface area is 211 Å². The highest BCUT2D eigenvalue weighted by molar-refractivity contribution is 7.89. The normalized spacial score (nSPS) is 12.5. The summed E-state index contributed by atoms with van der Waals surface area (Å²) in [5.41, 5.74) is 4.11. The van der Waals surface area contributed by atoms with E-state index in [1.54, 1.807) is 19.9 Å². The number of aryl methyl sites for hydroxylation is 2. The van der Waals surface area contributed by atoms with E-state index in [1.165, 1.54) is 24.3 Å². The minimum absolute atomic E-state index is 0.0278. The van der Waals surface area contributed by atoms with Crippen molar-refractivity contribution in [1.82, 2.24) is 9.29 Å². The molecule has 0 aliphatic heterocycles. The standard InChI is InChI=1S/C26H29ClN2O5S/c1-16(2)25(28-35(32,33)22-12-8-20(27)9-13-22)26(31)34-15-24(30)23-14-18(4)29(19(23)5)21-10-6-17(3)7-11-21/h6-14,16,25,28H,15H2,1-5H3/t25-/m0/s1. The number of esters is 1. The first-order chi connectivity index (χ1) is 16.4. The summed E-state index contributed by atoms with van der Waals surface area (Å²) < 4.78 is 35.1. The molecule has 3 rings (SSSR count). The van der Waals surface area contributed by atoms with Gasteiger partial charge in [-0.05, 0) is 69.2 Å². The van der Waals surface area contributed by atoms with Gasteiger partial charge in [0.25, 0.3) is 0 Å². The van der Waals surface area contributed by atoms with Crippen LogP contribution >= 0.6 is 11.6 Å². The van der Waals surface area contributed by atoms with Crippen molar-refractivity contribution < 1.29 is 22.7 Å². The zero-order valence-corrected chi connectivity index (χ0v) is 21.9. The number of Topliss-reactive ketones (excluding diaryl/α,β-unsaturated/α-hetero) is 1. The quantitative estimate of drug-likeness (QED) is 0.326. The maximum absolute atomic E-state index is 12.9. The molecular weight excluding hydrogens is 488 g/mol. The highest BCUT2D eigenvalue weighted by Gasteiger charge is 2.30. The molecule has 9 heteroatoms. The van der Waals surface area contributed by atoms with Crippen LogP contribution in [0, 0.1) is 26.7 Å². The molecular formula is C26H29ClN2O5S. The SMILES string of the molecule is Cc1ccc(-n2c(C)cc(C(=O)COC(=O)[C@@H](NS(=O)(=O)c3ccc(Cl)cc3)C(C)C)c2C)cc1. The molecule has 0 radical (unpaired) electrons. The first-order valence-electron chi connectivity index (χ1n) is 11.1. The molecule has 0 saturated carbocycles. The van der Waals surface area contributed by atoms with Gasteiger partial charge in [-0.15, -0.1) is 0 Å². The Morgan fingerprint density at radius 3 is 2.17 bits per heavy atom. The van der Waals surface area contributed by atoms with Crippen LogP contribution in [0.4, 0.5) is 0 Å². The first-order valence-corrected chi connectivity index (χ1v) is 13.0. The van der Waals surface area contributed by atoms with Crippen LogP contribution < -0.4 is 4.72 Å². The van der Waals surface area contributed by atoms with Crippen molar-refractivity contribution in [3.63, 3.8) is 0 Å². The molecule has 186 valence electrons. The van der Waals surface area contributed by atoms with Crippen molar-refractivity contribution in [3.05, 3.63) is 82.1 Å². The van der Waals surface area contributed by atoms with Gasteiger partial charge < -0.3 is 9.30 Å². The Morgan fingerprint density at radius 1 is 1.00 bits per heavy atom. The van der Waals surface area contributed by atoms with Crippen LogP contribution in [0.2, 0.25) is 5.02 Å². The summed E-state index contributed by atoms with van der Waals surface area (Å²) in [6.45, 7) is 8.61. The molecule has 35 heavy (non-hydrogen) atoms. The number of carbonyl (C=O) groups excluding carboxylic acids is 2. The smallest absolute Gasteiger partial charge is 0.324 e. The number of benzene rings is 2. The minimum Gasteiger partial charge on any atom is -0.456 e. The van der Waals surface area contributed by atoms with Crippen molar-refractivity contribution in [2.75, 3.05) is 6.61 Å². The van der Waals surface area contributed by atoms with Crippen LogP contribution in [-0.2, 0) is 19.6 Å². The Kier molecular flexibility index (Phi) is 8.20. The number of hydrogen-bond donors (Lipinski definition) is 1. The molecule has 0 bridgehead atoms. The van der Waals surface area contributed by atoms with E-state index in [2.05, 4.69) is 4.72 Å². The molecule has 7 nitrogen and oxygen atoms in total. The number of ketones is 1. The van der Waals surface area contributed by atoms with Gasteiger partial charge in [-0.2, -0.15) is 4.72 Å². The van der Waals surface area contributed by atoms with Crippen LogP contribution in [0.5, 0.6) is 0 Å². The summed E-state index contributed by atoms with van der Waals surface area (Å²) in [4.78, 5) is 25.6. The molecule has 0 unspecified atom stereocenters. The second-order valence-electron chi connectivity index (χ2n) is 8.78. The third-order valence-electron chi connectivity index (χ3n) is 5.70. The van der Waals surface area contributed by atoms with E-state index in [4.69, 9.17) is 16.3 Å². The van der Waals surface area contributed by atoms with Crippen molar-refractivity contribution >= 4 is 33.4 Å². The molecule has 3 aromatic rings. The molecule has 1 heterocycles. The lowest BCUT2D eigenvalue weighted by Gasteiger charge is -2.20. The molecule has 0 fully saturated rings. The summed E-state index contributed by atoms with van der Waals surface area (Å²) in [6, 6.07) is 14.1. The number of rotatable bonds is 9. The fraction of sp³-hybridized carbons (Fsp3) is 0.308. The average molecular weight is 517 g/mol. The number of hydrogen-bond acceptors (Lipinski definition) is 5. The third kappa shape index (κ3) is 6.20. The Balaban J connectivity index is 1.73. The maximum Gasteiger partial charge on any atom is 0.324 e. The predicted octanol–water partition coefficient (Wildman–Crippen LogP) is 4.78. The third-order valence-corrected chi connectivity index (χ3v) is 7.40. The van der Waals surface area contributed by atoms with E-state index >= 15 is 0 Å². The molecule has 0 spiro atoms. The number of ether oxygens (including phenoxy) is 1. The van der Waals surface area contributed by atoms with Gasteiger partial charge in [0.15, 0.2) is 6.61 Å². The number of sulfonamides is 1. The number of aromatic nitrogens is 1. The largest absolute Gasteiger partial charge is 0.456 e. The van der Waals surface area contributed by atoms with E-state index in [0.717, 1.165) is 22.6 Å². The number of nitrogens with one attached hydrogen (secondary N) is 1. The summed E-state index contributed by atoms with van der Waals surface area (Å²) in [5.74, 6) is -1.60. The van der Waals surface area contributed by atoms with E-state index in [1.807, 2.05) is 49.6 Å². The van der Waals surface area contributed by atoms with E-state index in [0.29, 0.717) is 10.6 Å². The number of nitrogens with zero attached hydrogens (tertiary/aromatic N) is 1. The van der Waals surface area contributed by atoms with Crippen molar-refractivity contribution in [1.29, 1.82) is 0 Å². The highest BCUT2D eigenvalue weighted by atomic mass is 35.5. The molecule has 0 saturated heterocycles. The first kappa shape index (κ1) is 26.7. The van der Waals surface area contributed by atoms with Gasteiger partial charge >= 0.3 is 5.97 Å². The minimum atomic E-state index is -4.00. The fourth-order valence-electron chi connectivity index (χ4n) is 3.75. The zero-order chi connectivity index (χ0) is 25.9. The Hall–Kier alpha value is -2.94. The van der Waals surface area contributed by atoms with Crippen LogP contribution in [0.15, 0.2) is 59.5 Å². The van der Waals surface area contributed by atoms with E-state index in [9.17, 15) is 18.0 Å². The molecule has 0 aliphatic carbocycles. The fourth-order valence-corrected chi connectivity index (χ4v) is 5.20. The van der Waals surface area contributed by atoms with Crippen molar-refractivity contribution in [3.8, 4) is 5.69 Å². The molecule has 0 aliphatic rings. The van der Waals surface area contributed by atoms with Gasteiger partial charge in [0.2, 0.25) is 15.8 Å². The highest BCUT2D eigenvalue weighted by Crippen LogP contribution is 2.22. The van der Waals surface area contributed by atoms with Crippen LogP contribution in [0.25, 0.3) is 5.69 Å². The number of halogens is 1. The van der Waals surface area contributed by atoms with Gasteiger partial charge in [0, 0.05) is 27.7 Å². The van der Waals surface area contributed by atoms with Gasteiger partial charge in [-0.3, -0.25) is 9.59 Å². The Morgan fingerprint density at radius 2 is 1.60 bits per heavy atom. The molecule has 1 atom stereocenters. The molecule has 2 aromatic carbocycles. The Bertz CT molecular complexity index is 1330. The summed E-state index contributed by atoms with van der Waals surface area (Å²) in [6.07, 6.45) is 0. The lowest BCUT2D eigenvalue weighted by Crippen LogP contribution is -2.45. The summed E-state index contributed by atoms with van der Waals surface area (Å²) in [5, 5.41) is 0.393. The predicted molar refractivity (Wildman–Crippen MR) is 136 cm³/mol. The molecule has 0 amide bonds. The topological polar surface area (TPSA) is 94.5 Å². The van der Waals surface area contributed by atoms with Crippen LogP contribution in [-0.4, -0.2) is 37.4 Å². The van der Waals surface area contributed by atoms with E-state index < -0.39 is 34.6 Å². The second kappa shape index (κ2) is 10.8. The van der Waals surface area contributed by atoms with Crippen LogP contribution in [0.1, 0.15) is 41.2 Å². The maximum atomic E-state index is 12.9. The lowest BCUT2D eigenvalue weighted by atomic mass is 10.1. The molecule has 1 aromatic heterocycles. The van der Waals surface area contributed by atoms with Gasteiger partial charge in [-0.1, -0.05) is 43.1 Å². The van der Waals surface area contributed by atoms with Gasteiger partial charge in [0.05, 0.1) is 4.90 Å². The summed E-state index contributed by atoms with van der Waals surface area (Å²) in [7, 11) is -4.00. The number of carbonyl (C=O) groups is 2. The zero-order valence-electron chi connectivity index (χ0n) is 20.3. The lowest BCUT2D eigenvalue weighted by molar-refractivity contribution is -0.145. The second-order valence-corrected chi connectivity index (χ2v) is 10.9.